The van der Waals surface area contributed by atoms with Crippen LogP contribution in [-0.2, 0) is 21.7 Å². The molecule has 1 aromatic rings. The van der Waals surface area contributed by atoms with Crippen molar-refractivity contribution < 1.29 is 58.9 Å². The van der Waals surface area contributed by atoms with Gasteiger partial charge in [0.1, 0.15) is 0 Å². The van der Waals surface area contributed by atoms with Crippen molar-refractivity contribution in [3.63, 3.8) is 0 Å². The summed E-state index contributed by atoms with van der Waals surface area (Å²) in [5.41, 5.74) is 1.50. The van der Waals surface area contributed by atoms with E-state index in [4.69, 9.17) is 0 Å². The topological polar surface area (TPSA) is 0 Å². The maximum Gasteiger partial charge on any atom is 4.00 e. The minimum Gasteiger partial charge on any atom is -1.00 e. The van der Waals surface area contributed by atoms with Crippen LogP contribution in [0.4, 0.5) is 0 Å². The van der Waals surface area contributed by atoms with E-state index >= 15 is 0 Å². The molecule has 0 saturated carbocycles. The first kappa shape index (κ1) is 41.0. The van der Waals surface area contributed by atoms with Gasteiger partial charge >= 0.3 is 21.7 Å². The summed E-state index contributed by atoms with van der Waals surface area (Å²) in [7, 11) is -1.63. The molecule has 5 heteroatoms. The molecule has 1 atom stereocenters. The number of unbranched alkanes of at least 4 members (excludes halogenated alkanes) is 15. The van der Waals surface area contributed by atoms with Gasteiger partial charge in [-0.05, 0) is 0 Å². The summed E-state index contributed by atoms with van der Waals surface area (Å²) in [6.45, 7) is 7.19. The van der Waals surface area contributed by atoms with Crippen LogP contribution in [0.3, 0.4) is 0 Å². The van der Waals surface area contributed by atoms with Crippen LogP contribution in [-0.4, -0.2) is 8.07 Å². The molecule has 1 aromatic carbocycles. The van der Waals surface area contributed by atoms with E-state index in [0.29, 0.717) is 0 Å². The third kappa shape index (κ3) is 15.8. The Morgan fingerprint density at radius 1 is 0.667 bits per heavy atom. The van der Waals surface area contributed by atoms with Crippen molar-refractivity contribution in [2.75, 3.05) is 0 Å². The summed E-state index contributed by atoms with van der Waals surface area (Å²) in [5, 5.41) is 3.18. The Labute approximate surface area is 259 Å². The Kier molecular flexibility index (Phi) is 29.3. The average molecular weight is 606 g/mol. The second-order valence-electron chi connectivity index (χ2n) is 10.4. The zero-order valence-electron chi connectivity index (χ0n) is 23.3. The molecule has 0 radical (unpaired) electrons. The predicted molar refractivity (Wildman–Crippen MR) is 147 cm³/mol. The van der Waals surface area contributed by atoms with E-state index < -0.39 is 8.07 Å². The van der Waals surface area contributed by atoms with Gasteiger partial charge in [0.05, 0.1) is 8.07 Å². The summed E-state index contributed by atoms with van der Waals surface area (Å²) in [4.78, 5) is 0. The number of benzene rings is 1. The quantitative estimate of drug-likeness (QED) is 0.125. The summed E-state index contributed by atoms with van der Waals surface area (Å²) in [5.74, 6) is 0. The van der Waals surface area contributed by atoms with Crippen molar-refractivity contribution in [2.24, 2.45) is 0 Å². The van der Waals surface area contributed by atoms with Crippen LogP contribution in [0.5, 0.6) is 0 Å². The molecular weight excluding hydrogens is 555 g/mol. The number of rotatable bonds is 19. The minimum atomic E-state index is -1.63. The monoisotopic (exact) mass is 604 g/mol. The first-order valence-corrected chi connectivity index (χ1v) is 16.7. The standard InChI is InChI=1S/C31H51Si.3ClH.Ti/c1-4-5-6-7-8-9-10-11-12-13-14-15-16-17-18-22-28-32(3,30-25-20-19-21-26-30)31-27-23-24-29(31)2;;;;/h19-21,24-26H,4-18,22-23,28H2,1-3H3;3*1H;/q-1;;;;+4/p-3. The van der Waals surface area contributed by atoms with Crippen LogP contribution in [0.25, 0.3) is 0 Å². The van der Waals surface area contributed by atoms with Crippen molar-refractivity contribution >= 4 is 13.3 Å². The molecular formula is C31H51Cl3SiTi. The van der Waals surface area contributed by atoms with E-state index in [1.165, 1.54) is 114 Å². The largest absolute Gasteiger partial charge is 4.00 e. The molecule has 0 heterocycles. The fraction of sp³-hybridized carbons (Fsp3) is 0.677. The number of hydrogen-bond donors (Lipinski definition) is 0. The van der Waals surface area contributed by atoms with E-state index in [9.17, 15) is 0 Å². The van der Waals surface area contributed by atoms with Gasteiger partial charge in [0.25, 0.3) is 0 Å². The van der Waals surface area contributed by atoms with Crippen molar-refractivity contribution in [2.45, 2.75) is 136 Å². The van der Waals surface area contributed by atoms with Crippen molar-refractivity contribution in [3.05, 3.63) is 53.3 Å². The van der Waals surface area contributed by atoms with Crippen molar-refractivity contribution in [1.82, 2.24) is 0 Å². The second-order valence-corrected chi connectivity index (χ2v) is 14.6. The molecule has 0 saturated heterocycles. The van der Waals surface area contributed by atoms with E-state index in [2.05, 4.69) is 62.9 Å². The molecule has 0 nitrogen and oxygen atoms in total. The van der Waals surface area contributed by atoms with E-state index in [1.54, 1.807) is 10.4 Å². The van der Waals surface area contributed by atoms with Gasteiger partial charge in [-0.3, -0.25) is 6.08 Å². The van der Waals surface area contributed by atoms with Gasteiger partial charge in [0, 0.05) is 0 Å². The number of allylic oxidation sites excluding steroid dienone is 4. The van der Waals surface area contributed by atoms with Crippen LogP contribution in [0.1, 0.15) is 123 Å². The summed E-state index contributed by atoms with van der Waals surface area (Å²) >= 11 is 0. The predicted octanol–water partition coefficient (Wildman–Crippen LogP) is 0.862. The minimum absolute atomic E-state index is 0. The molecule has 1 aliphatic rings. The van der Waals surface area contributed by atoms with E-state index in [1.807, 2.05) is 0 Å². The Morgan fingerprint density at radius 2 is 1.08 bits per heavy atom. The number of halogens is 3. The average Bonchev–Trinajstić information content (AvgIpc) is 3.25. The molecule has 0 spiro atoms. The molecule has 204 valence electrons. The van der Waals surface area contributed by atoms with Crippen molar-refractivity contribution in [3.8, 4) is 0 Å². The molecule has 0 aliphatic heterocycles. The number of hydrogen-bond acceptors (Lipinski definition) is 0. The van der Waals surface area contributed by atoms with Crippen LogP contribution in [0.2, 0.25) is 12.6 Å². The van der Waals surface area contributed by atoms with Gasteiger partial charge in [-0.15, -0.1) is 13.3 Å². The summed E-state index contributed by atoms with van der Waals surface area (Å²) in [6, 6.07) is 12.7. The van der Waals surface area contributed by atoms with E-state index in [-0.39, 0.29) is 58.9 Å². The molecule has 1 unspecified atom stereocenters. The molecule has 1 aliphatic carbocycles. The van der Waals surface area contributed by atoms with Gasteiger partial charge in [0.15, 0.2) is 0 Å². The van der Waals surface area contributed by atoms with E-state index in [0.717, 1.165) is 6.42 Å². The molecule has 2 rings (SSSR count). The molecule has 36 heavy (non-hydrogen) atoms. The van der Waals surface area contributed by atoms with Gasteiger partial charge in [-0.1, -0.05) is 158 Å². The molecule has 0 fully saturated rings. The fourth-order valence-corrected chi connectivity index (χ4v) is 9.60. The van der Waals surface area contributed by atoms with Crippen LogP contribution in [0, 0.1) is 6.08 Å². The summed E-state index contributed by atoms with van der Waals surface area (Å²) < 4.78 is 0. The first-order valence-electron chi connectivity index (χ1n) is 14.0. The maximum absolute atomic E-state index is 3.74. The van der Waals surface area contributed by atoms with Crippen LogP contribution < -0.4 is 42.4 Å². The normalized spacial score (nSPS) is 13.8. The Balaban J connectivity index is -0.00000272. The molecule has 0 amide bonds. The van der Waals surface area contributed by atoms with Crippen molar-refractivity contribution in [1.29, 1.82) is 0 Å². The maximum atomic E-state index is 3.74. The molecule has 0 aromatic heterocycles. The Morgan fingerprint density at radius 3 is 1.47 bits per heavy atom. The smallest absolute Gasteiger partial charge is 1.00 e. The molecule has 0 N–H and O–H groups in total. The Bertz CT molecular complexity index is 678. The zero-order chi connectivity index (χ0) is 22.9. The Hall–Kier alpha value is 0.501. The molecule has 0 bridgehead atoms. The zero-order valence-corrected chi connectivity index (χ0v) is 28.2. The van der Waals surface area contributed by atoms with Gasteiger partial charge in [-0.2, -0.15) is 6.08 Å². The van der Waals surface area contributed by atoms with Crippen LogP contribution in [0.15, 0.2) is 47.2 Å². The SMILES string of the molecule is CCCCCCCCCCCCCCCCCC[Si](C)(C1=[C-]CC=C1C)c1ccccc1.[Cl-].[Cl-].[Cl-].[Ti+4]. The van der Waals surface area contributed by atoms with Gasteiger partial charge < -0.3 is 37.2 Å². The summed E-state index contributed by atoms with van der Waals surface area (Å²) in [6.07, 6.45) is 30.2. The van der Waals surface area contributed by atoms with Crippen LogP contribution >= 0.6 is 0 Å². The fourth-order valence-electron chi connectivity index (χ4n) is 5.42. The first-order chi connectivity index (χ1) is 15.7. The second kappa shape index (κ2) is 25.8. The van der Waals surface area contributed by atoms with Gasteiger partial charge in [-0.25, -0.2) is 10.8 Å². The third-order valence-corrected chi connectivity index (χ3v) is 12.2. The van der Waals surface area contributed by atoms with Gasteiger partial charge in [0.2, 0.25) is 0 Å². The third-order valence-electron chi connectivity index (χ3n) is 7.57.